The van der Waals surface area contributed by atoms with Crippen molar-refractivity contribution in [1.29, 1.82) is 5.26 Å². The fourth-order valence-electron chi connectivity index (χ4n) is 3.18. The Labute approximate surface area is 158 Å². The van der Waals surface area contributed by atoms with Crippen LogP contribution in [0.3, 0.4) is 0 Å². The fourth-order valence-corrected chi connectivity index (χ4v) is 4.08. The molecule has 0 bridgehead atoms. The highest BCUT2D eigenvalue weighted by Gasteiger charge is 2.18. The summed E-state index contributed by atoms with van der Waals surface area (Å²) < 4.78 is 12.2. The van der Waals surface area contributed by atoms with Gasteiger partial charge in [-0.15, -0.1) is 11.3 Å². The molecule has 4 aromatic rings. The molecule has 0 unspecified atom stereocenters. The molecule has 132 valence electrons. The van der Waals surface area contributed by atoms with Crippen molar-refractivity contribution >= 4 is 44.0 Å². The van der Waals surface area contributed by atoms with E-state index in [-0.39, 0.29) is 0 Å². The highest BCUT2D eigenvalue weighted by molar-refractivity contribution is 7.20. The highest BCUT2D eigenvalue weighted by atomic mass is 32.1. The first-order valence-corrected chi connectivity index (χ1v) is 9.14. The van der Waals surface area contributed by atoms with Gasteiger partial charge in [0.25, 0.3) is 0 Å². The van der Waals surface area contributed by atoms with Crippen molar-refractivity contribution in [2.24, 2.45) is 0 Å². The van der Waals surface area contributed by atoms with Crippen LogP contribution in [0, 0.1) is 11.3 Å². The Morgan fingerprint density at radius 2 is 1.89 bits per heavy atom. The van der Waals surface area contributed by atoms with Gasteiger partial charge in [-0.2, -0.15) is 5.26 Å². The van der Waals surface area contributed by atoms with E-state index < -0.39 is 0 Å². The number of nitriles is 1. The van der Waals surface area contributed by atoms with Gasteiger partial charge in [-0.25, -0.2) is 15.0 Å². The molecule has 2 aromatic carbocycles. The fraction of sp³-hybridized carbons (Fsp3) is 0.158. The smallest absolute Gasteiger partial charge is 0.195 e. The van der Waals surface area contributed by atoms with E-state index in [1.807, 2.05) is 42.3 Å². The van der Waals surface area contributed by atoms with Crippen LogP contribution in [0.4, 0.5) is 11.5 Å². The van der Waals surface area contributed by atoms with Gasteiger partial charge in [0.15, 0.2) is 16.5 Å². The van der Waals surface area contributed by atoms with Crippen molar-refractivity contribution in [3.63, 3.8) is 0 Å². The molecule has 1 aliphatic heterocycles. The predicted molar refractivity (Wildman–Crippen MR) is 103 cm³/mol. The monoisotopic (exact) mass is 375 g/mol. The molecule has 0 spiro atoms. The van der Waals surface area contributed by atoms with Crippen molar-refractivity contribution in [3.8, 4) is 17.6 Å². The van der Waals surface area contributed by atoms with Gasteiger partial charge in [0, 0.05) is 18.8 Å². The average molecular weight is 375 g/mol. The lowest BCUT2D eigenvalue weighted by molar-refractivity contribution is 0.171. The molecule has 2 aromatic heterocycles. The molecule has 7 nitrogen and oxygen atoms in total. The number of fused-ring (bicyclic) bond motifs is 4. The average Bonchev–Trinajstić information content (AvgIpc) is 3.16. The summed E-state index contributed by atoms with van der Waals surface area (Å²) in [6, 6.07) is 11.7. The molecular weight excluding hydrogens is 362 g/mol. The van der Waals surface area contributed by atoms with E-state index in [0.29, 0.717) is 18.2 Å². The maximum atomic E-state index is 9.21. The molecule has 0 saturated carbocycles. The van der Waals surface area contributed by atoms with Gasteiger partial charge in [-0.1, -0.05) is 0 Å². The Balaban J connectivity index is 1.70. The second kappa shape index (κ2) is 6.07. The second-order valence-electron chi connectivity index (χ2n) is 6.02. The molecule has 1 aliphatic rings. The molecule has 27 heavy (non-hydrogen) atoms. The summed E-state index contributed by atoms with van der Waals surface area (Å²) in [5.41, 5.74) is 2.50. The summed E-state index contributed by atoms with van der Waals surface area (Å²) in [4.78, 5) is 15.2. The number of hydrogen-bond acceptors (Lipinski definition) is 8. The highest BCUT2D eigenvalue weighted by Crippen LogP contribution is 2.39. The first-order valence-electron chi connectivity index (χ1n) is 8.32. The van der Waals surface area contributed by atoms with E-state index in [0.717, 1.165) is 44.1 Å². The topological polar surface area (TPSA) is 84.2 Å². The zero-order valence-electron chi connectivity index (χ0n) is 14.3. The van der Waals surface area contributed by atoms with Crippen LogP contribution in [0.2, 0.25) is 0 Å². The van der Waals surface area contributed by atoms with E-state index in [1.54, 1.807) is 6.33 Å². The van der Waals surface area contributed by atoms with Gasteiger partial charge >= 0.3 is 0 Å². The minimum Gasteiger partial charge on any atom is -0.486 e. The van der Waals surface area contributed by atoms with Crippen molar-refractivity contribution in [2.45, 2.75) is 0 Å². The normalized spacial score (nSPS) is 12.9. The molecule has 3 heterocycles. The largest absolute Gasteiger partial charge is 0.486 e. The number of ether oxygens (including phenoxy) is 2. The maximum Gasteiger partial charge on any atom is 0.195 e. The van der Waals surface area contributed by atoms with Gasteiger partial charge in [0.05, 0.1) is 21.1 Å². The van der Waals surface area contributed by atoms with Gasteiger partial charge < -0.3 is 14.4 Å². The number of aromatic nitrogens is 3. The van der Waals surface area contributed by atoms with Gasteiger partial charge in [0.1, 0.15) is 31.4 Å². The molecule has 0 amide bonds. The Bertz CT molecular complexity index is 1230. The lowest BCUT2D eigenvalue weighted by Gasteiger charge is -2.23. The van der Waals surface area contributed by atoms with E-state index in [9.17, 15) is 5.26 Å². The van der Waals surface area contributed by atoms with Crippen molar-refractivity contribution in [3.05, 3.63) is 41.7 Å². The second-order valence-corrected chi connectivity index (χ2v) is 7.02. The van der Waals surface area contributed by atoms with E-state index in [2.05, 4.69) is 21.0 Å². The van der Waals surface area contributed by atoms with Crippen LogP contribution in [0.15, 0.2) is 36.7 Å². The molecule has 5 rings (SSSR count). The first-order chi connectivity index (χ1) is 13.2. The van der Waals surface area contributed by atoms with Crippen LogP contribution in [0.5, 0.6) is 11.5 Å². The summed E-state index contributed by atoms with van der Waals surface area (Å²) in [6.07, 6.45) is 1.55. The molecule has 8 heteroatoms. The molecule has 0 aliphatic carbocycles. The number of thiazole rings is 1. The number of hydrogen-bond donors (Lipinski definition) is 0. The molecule has 0 saturated heterocycles. The predicted octanol–water partition coefficient (Wildman–Crippen LogP) is 3.65. The van der Waals surface area contributed by atoms with E-state index in [1.165, 1.54) is 11.3 Å². The van der Waals surface area contributed by atoms with E-state index in [4.69, 9.17) is 9.47 Å². The SMILES string of the molecule is CN(c1ccc2c(c1)OCCO2)c1ncnc2ccc3nc(C#N)sc3c12. The van der Waals surface area contributed by atoms with E-state index >= 15 is 0 Å². The van der Waals surface area contributed by atoms with Crippen molar-refractivity contribution < 1.29 is 9.47 Å². The van der Waals surface area contributed by atoms with Crippen LogP contribution in [-0.2, 0) is 0 Å². The van der Waals surface area contributed by atoms with Crippen molar-refractivity contribution in [1.82, 2.24) is 15.0 Å². The Hall–Kier alpha value is -3.44. The van der Waals surface area contributed by atoms with Crippen LogP contribution in [0.25, 0.3) is 21.1 Å². The minimum absolute atomic E-state index is 0.425. The third kappa shape index (κ3) is 2.52. The zero-order chi connectivity index (χ0) is 18.4. The third-order valence-electron chi connectivity index (χ3n) is 4.46. The number of nitrogens with zero attached hydrogens (tertiary/aromatic N) is 5. The Morgan fingerprint density at radius 3 is 2.74 bits per heavy atom. The summed E-state index contributed by atoms with van der Waals surface area (Å²) in [5.74, 6) is 2.21. The van der Waals surface area contributed by atoms with Gasteiger partial charge in [-0.05, 0) is 24.3 Å². The Morgan fingerprint density at radius 1 is 1.07 bits per heavy atom. The van der Waals surface area contributed by atoms with Gasteiger partial charge in [0.2, 0.25) is 0 Å². The molecule has 0 atom stereocenters. The lowest BCUT2D eigenvalue weighted by Crippen LogP contribution is -2.17. The van der Waals surface area contributed by atoms with Crippen LogP contribution in [0.1, 0.15) is 5.01 Å². The quantitative estimate of drug-likeness (QED) is 0.529. The molecule has 0 fully saturated rings. The third-order valence-corrected chi connectivity index (χ3v) is 5.46. The Kier molecular flexibility index (Phi) is 3.55. The molecular formula is C19H13N5O2S. The standard InChI is InChI=1S/C19H13N5O2S/c1-24(11-2-5-14-15(8-11)26-7-6-25-14)19-17-12(21-10-22-19)3-4-13-18(17)27-16(9-20)23-13/h2-5,8,10H,6-7H2,1H3. The van der Waals surface area contributed by atoms with Crippen LogP contribution in [-0.4, -0.2) is 35.2 Å². The zero-order valence-corrected chi connectivity index (χ0v) is 15.2. The summed E-state index contributed by atoms with van der Waals surface area (Å²) >= 11 is 1.35. The van der Waals surface area contributed by atoms with Crippen LogP contribution >= 0.6 is 11.3 Å². The van der Waals surface area contributed by atoms with Crippen LogP contribution < -0.4 is 14.4 Å². The molecule has 0 N–H and O–H groups in total. The number of benzene rings is 2. The van der Waals surface area contributed by atoms with Gasteiger partial charge in [-0.3, -0.25) is 0 Å². The maximum absolute atomic E-state index is 9.21. The summed E-state index contributed by atoms with van der Waals surface area (Å²) in [6.45, 7) is 1.10. The summed E-state index contributed by atoms with van der Waals surface area (Å²) in [7, 11) is 1.94. The minimum atomic E-state index is 0.425. The molecule has 0 radical (unpaired) electrons. The first kappa shape index (κ1) is 15.8. The summed E-state index contributed by atoms with van der Waals surface area (Å²) in [5, 5.41) is 10.5. The lowest BCUT2D eigenvalue weighted by atomic mass is 10.2. The van der Waals surface area contributed by atoms with Crippen molar-refractivity contribution in [2.75, 3.05) is 25.2 Å². The number of rotatable bonds is 2. The number of anilines is 2.